The second kappa shape index (κ2) is 8.67. The van der Waals surface area contributed by atoms with Gasteiger partial charge in [-0.25, -0.2) is 0 Å². The topological polar surface area (TPSA) is 88.4 Å². The average Bonchev–Trinajstić information content (AvgIpc) is 2.61. The number of rotatable bonds is 6. The number of esters is 1. The molecule has 0 aliphatic heterocycles. The van der Waals surface area contributed by atoms with Crippen LogP contribution in [0.25, 0.3) is 0 Å². The minimum atomic E-state index is -0.968. The summed E-state index contributed by atoms with van der Waals surface area (Å²) in [4.78, 5) is 24.3. The molecule has 1 N–H and O–H groups in total. The van der Waals surface area contributed by atoms with E-state index in [9.17, 15) is 9.59 Å². The van der Waals surface area contributed by atoms with Crippen LogP contribution < -0.4 is 10.1 Å². The first-order valence-corrected chi connectivity index (χ1v) is 8.07. The molecule has 2 rings (SSSR count). The first kappa shape index (κ1) is 19.0. The molecule has 0 radical (unpaired) electrons. The Balaban J connectivity index is 1.97. The molecule has 134 valence electrons. The smallest absolute Gasteiger partial charge is 0.311 e. The standard InChI is InChI=1S/C20H20N2O4/c1-13-7-8-18(25-3)16(9-13)11-19(23)26-14(2)20(24)22-17-6-4-5-15(10-17)12-21/h4-10,14H,11H2,1-3H3,(H,22,24)/t14-/m1/s1. The summed E-state index contributed by atoms with van der Waals surface area (Å²) in [6.07, 6.45) is -0.962. The molecule has 0 aliphatic carbocycles. The van der Waals surface area contributed by atoms with Crippen molar-refractivity contribution in [1.82, 2.24) is 0 Å². The molecule has 0 aliphatic rings. The van der Waals surface area contributed by atoms with Crippen LogP contribution in [0.15, 0.2) is 42.5 Å². The molecule has 1 atom stereocenters. The van der Waals surface area contributed by atoms with E-state index in [1.54, 1.807) is 30.3 Å². The largest absolute Gasteiger partial charge is 0.496 e. The zero-order chi connectivity index (χ0) is 19.1. The van der Waals surface area contributed by atoms with Gasteiger partial charge in [-0.05, 0) is 38.1 Å². The van der Waals surface area contributed by atoms with Crippen molar-refractivity contribution in [2.75, 3.05) is 12.4 Å². The Morgan fingerprint density at radius 2 is 2.00 bits per heavy atom. The van der Waals surface area contributed by atoms with Crippen molar-refractivity contribution in [2.24, 2.45) is 0 Å². The summed E-state index contributed by atoms with van der Waals surface area (Å²) in [5.41, 5.74) is 2.60. The van der Waals surface area contributed by atoms with Crippen LogP contribution in [0.3, 0.4) is 0 Å². The molecule has 26 heavy (non-hydrogen) atoms. The van der Waals surface area contributed by atoms with E-state index in [2.05, 4.69) is 5.32 Å². The fourth-order valence-corrected chi connectivity index (χ4v) is 2.40. The van der Waals surface area contributed by atoms with Crippen molar-refractivity contribution < 1.29 is 19.1 Å². The molecule has 0 spiro atoms. The van der Waals surface area contributed by atoms with Crippen molar-refractivity contribution in [3.8, 4) is 11.8 Å². The fourth-order valence-electron chi connectivity index (χ4n) is 2.40. The van der Waals surface area contributed by atoms with Gasteiger partial charge in [-0.1, -0.05) is 23.8 Å². The molecule has 0 aromatic heterocycles. The lowest BCUT2D eigenvalue weighted by molar-refractivity contribution is -0.152. The molecular formula is C20H20N2O4. The summed E-state index contributed by atoms with van der Waals surface area (Å²) in [6.45, 7) is 3.41. The number of nitriles is 1. The third-order valence-electron chi connectivity index (χ3n) is 3.71. The van der Waals surface area contributed by atoms with Gasteiger partial charge in [-0.3, -0.25) is 9.59 Å². The van der Waals surface area contributed by atoms with Crippen LogP contribution >= 0.6 is 0 Å². The first-order chi connectivity index (χ1) is 12.4. The van der Waals surface area contributed by atoms with Gasteiger partial charge in [0.1, 0.15) is 5.75 Å². The second-order valence-electron chi connectivity index (χ2n) is 5.81. The Labute approximate surface area is 152 Å². The number of methoxy groups -OCH3 is 1. The number of anilines is 1. The quantitative estimate of drug-likeness (QED) is 0.808. The summed E-state index contributed by atoms with van der Waals surface area (Å²) in [5.74, 6) is -0.398. The molecule has 0 saturated carbocycles. The number of carbonyl (C=O) groups is 2. The number of benzene rings is 2. The number of ether oxygens (including phenoxy) is 2. The van der Waals surface area contributed by atoms with E-state index in [-0.39, 0.29) is 6.42 Å². The number of hydrogen-bond acceptors (Lipinski definition) is 5. The number of carbonyl (C=O) groups excluding carboxylic acids is 2. The number of hydrogen-bond donors (Lipinski definition) is 1. The SMILES string of the molecule is COc1ccc(C)cc1CC(=O)O[C@H](C)C(=O)Nc1cccc(C#N)c1. The zero-order valence-corrected chi connectivity index (χ0v) is 14.9. The van der Waals surface area contributed by atoms with Gasteiger partial charge < -0.3 is 14.8 Å². The van der Waals surface area contributed by atoms with Gasteiger partial charge in [0.15, 0.2) is 6.10 Å². The lowest BCUT2D eigenvalue weighted by Gasteiger charge is -2.14. The maximum absolute atomic E-state index is 12.2. The van der Waals surface area contributed by atoms with E-state index in [1.807, 2.05) is 25.1 Å². The van der Waals surface area contributed by atoms with Gasteiger partial charge in [0.05, 0.1) is 25.2 Å². The molecule has 0 fully saturated rings. The second-order valence-corrected chi connectivity index (χ2v) is 5.81. The Morgan fingerprint density at radius 3 is 2.69 bits per heavy atom. The number of nitrogens with zero attached hydrogens (tertiary/aromatic N) is 1. The van der Waals surface area contributed by atoms with Gasteiger partial charge in [-0.15, -0.1) is 0 Å². The van der Waals surface area contributed by atoms with E-state index in [1.165, 1.54) is 14.0 Å². The van der Waals surface area contributed by atoms with Crippen LogP contribution in [-0.4, -0.2) is 25.1 Å². The van der Waals surface area contributed by atoms with Gasteiger partial charge in [0.25, 0.3) is 5.91 Å². The number of aryl methyl sites for hydroxylation is 1. The third-order valence-corrected chi connectivity index (χ3v) is 3.71. The normalized spacial score (nSPS) is 11.2. The molecule has 0 bridgehead atoms. The average molecular weight is 352 g/mol. The van der Waals surface area contributed by atoms with Gasteiger partial charge in [-0.2, -0.15) is 5.26 Å². The van der Waals surface area contributed by atoms with Crippen molar-refractivity contribution in [1.29, 1.82) is 5.26 Å². The third kappa shape index (κ3) is 5.08. The molecule has 6 nitrogen and oxygen atoms in total. The Hall–Kier alpha value is -3.33. The van der Waals surface area contributed by atoms with E-state index in [0.717, 1.165) is 5.56 Å². The highest BCUT2D eigenvalue weighted by molar-refractivity contribution is 5.95. The molecule has 0 saturated heterocycles. The van der Waals surface area contributed by atoms with Crippen LogP contribution in [-0.2, 0) is 20.7 Å². The van der Waals surface area contributed by atoms with Crippen LogP contribution in [0.4, 0.5) is 5.69 Å². The molecule has 0 unspecified atom stereocenters. The monoisotopic (exact) mass is 352 g/mol. The van der Waals surface area contributed by atoms with Crippen molar-refractivity contribution >= 4 is 17.6 Å². The maximum Gasteiger partial charge on any atom is 0.311 e. The summed E-state index contributed by atoms with van der Waals surface area (Å²) in [6, 6.07) is 14.0. The van der Waals surface area contributed by atoms with Crippen LogP contribution in [0.1, 0.15) is 23.6 Å². The number of nitrogens with one attached hydrogen (secondary N) is 1. The van der Waals surface area contributed by atoms with Crippen LogP contribution in [0.5, 0.6) is 5.75 Å². The maximum atomic E-state index is 12.2. The van der Waals surface area contributed by atoms with Crippen molar-refractivity contribution in [3.05, 3.63) is 59.2 Å². The van der Waals surface area contributed by atoms with E-state index in [4.69, 9.17) is 14.7 Å². The summed E-state index contributed by atoms with van der Waals surface area (Å²) >= 11 is 0. The van der Waals surface area contributed by atoms with Crippen LogP contribution in [0, 0.1) is 18.3 Å². The van der Waals surface area contributed by atoms with Crippen LogP contribution in [0.2, 0.25) is 0 Å². The Morgan fingerprint density at radius 1 is 1.23 bits per heavy atom. The lowest BCUT2D eigenvalue weighted by atomic mass is 10.1. The van der Waals surface area contributed by atoms with Gasteiger partial charge >= 0.3 is 5.97 Å². The minimum Gasteiger partial charge on any atom is -0.496 e. The summed E-state index contributed by atoms with van der Waals surface area (Å²) in [7, 11) is 1.53. The Kier molecular flexibility index (Phi) is 6.34. The highest BCUT2D eigenvalue weighted by Gasteiger charge is 2.19. The van der Waals surface area contributed by atoms with E-state index >= 15 is 0 Å². The first-order valence-electron chi connectivity index (χ1n) is 8.07. The zero-order valence-electron chi connectivity index (χ0n) is 14.9. The lowest BCUT2D eigenvalue weighted by Crippen LogP contribution is -2.30. The summed E-state index contributed by atoms with van der Waals surface area (Å²) < 4.78 is 10.5. The molecule has 2 aromatic carbocycles. The molecule has 0 heterocycles. The minimum absolute atomic E-state index is 0.00634. The van der Waals surface area contributed by atoms with Gasteiger partial charge in [0.2, 0.25) is 0 Å². The van der Waals surface area contributed by atoms with Crippen molar-refractivity contribution in [3.63, 3.8) is 0 Å². The number of amides is 1. The fraction of sp³-hybridized carbons (Fsp3) is 0.250. The van der Waals surface area contributed by atoms with E-state index < -0.39 is 18.0 Å². The predicted molar refractivity (Wildman–Crippen MR) is 96.8 cm³/mol. The van der Waals surface area contributed by atoms with Crippen molar-refractivity contribution in [2.45, 2.75) is 26.4 Å². The van der Waals surface area contributed by atoms with E-state index in [0.29, 0.717) is 22.6 Å². The predicted octanol–water partition coefficient (Wildman–Crippen LogP) is 2.99. The molecule has 1 amide bonds. The summed E-state index contributed by atoms with van der Waals surface area (Å²) in [5, 5.41) is 11.5. The highest BCUT2D eigenvalue weighted by Crippen LogP contribution is 2.20. The highest BCUT2D eigenvalue weighted by atomic mass is 16.5. The molecular weight excluding hydrogens is 332 g/mol. The Bertz CT molecular complexity index is 855. The molecule has 6 heteroatoms. The molecule has 2 aromatic rings. The van der Waals surface area contributed by atoms with Gasteiger partial charge in [0, 0.05) is 11.3 Å².